The quantitative estimate of drug-likeness (QED) is 0.833. The van der Waals surface area contributed by atoms with Gasteiger partial charge in [0.05, 0.1) is 0 Å². The Morgan fingerprint density at radius 3 is 2.06 bits per heavy atom. The third-order valence-corrected chi connectivity index (χ3v) is 1.71. The third kappa shape index (κ3) is 2.68. The molecule has 0 saturated carbocycles. The van der Waals surface area contributed by atoms with Crippen molar-refractivity contribution in [2.75, 3.05) is 0 Å². The number of alkyl halides is 6. The van der Waals surface area contributed by atoms with Crippen LogP contribution in [0.1, 0.15) is 22.2 Å². The summed E-state index contributed by atoms with van der Waals surface area (Å²) in [4.78, 5) is 13.2. The molecular formula is C7H3F6NO3. The Hall–Kier alpha value is -1.74. The lowest BCUT2D eigenvalue weighted by Crippen LogP contribution is -2.34. The highest BCUT2D eigenvalue weighted by atomic mass is 19.4. The highest BCUT2D eigenvalue weighted by molar-refractivity contribution is 5.86. The van der Waals surface area contributed by atoms with Crippen LogP contribution in [0.3, 0.4) is 0 Å². The van der Waals surface area contributed by atoms with Crippen LogP contribution in [-0.2, 0) is 0 Å². The summed E-state index contributed by atoms with van der Waals surface area (Å²) in [6.07, 6.45) is -11.2. The van der Waals surface area contributed by atoms with Crippen LogP contribution in [0.15, 0.2) is 10.8 Å². The topological polar surface area (TPSA) is 63.3 Å². The molecule has 96 valence electrons. The van der Waals surface area contributed by atoms with E-state index in [0.29, 0.717) is 0 Å². The van der Waals surface area contributed by atoms with Crippen LogP contribution in [0.4, 0.5) is 26.3 Å². The second kappa shape index (κ2) is 3.93. The molecule has 0 spiro atoms. The minimum atomic E-state index is -5.72. The fourth-order valence-corrected chi connectivity index (χ4v) is 1.10. The smallest absolute Gasteiger partial charge is 0.407 e. The van der Waals surface area contributed by atoms with Crippen LogP contribution < -0.4 is 0 Å². The average Bonchev–Trinajstić information content (AvgIpc) is 2.46. The molecule has 0 aliphatic rings. The molecule has 0 saturated heterocycles. The zero-order valence-electron chi connectivity index (χ0n) is 7.63. The van der Waals surface area contributed by atoms with E-state index in [9.17, 15) is 31.1 Å². The van der Waals surface area contributed by atoms with Crippen molar-refractivity contribution in [1.29, 1.82) is 0 Å². The SMILES string of the molecule is O=C(O)c1ncoc1C(C(F)(F)F)C(F)(F)F. The molecular weight excluding hydrogens is 260 g/mol. The molecule has 0 aliphatic carbocycles. The summed E-state index contributed by atoms with van der Waals surface area (Å²) in [5.74, 6) is -7.83. The molecule has 1 N–H and O–H groups in total. The zero-order valence-corrected chi connectivity index (χ0v) is 7.63. The maximum atomic E-state index is 12.2. The van der Waals surface area contributed by atoms with Gasteiger partial charge >= 0.3 is 18.3 Å². The van der Waals surface area contributed by atoms with Gasteiger partial charge in [0, 0.05) is 0 Å². The number of rotatable bonds is 2. The number of carboxylic acids is 1. The van der Waals surface area contributed by atoms with Crippen molar-refractivity contribution in [3.8, 4) is 0 Å². The Morgan fingerprint density at radius 2 is 1.71 bits per heavy atom. The van der Waals surface area contributed by atoms with E-state index in [1.807, 2.05) is 0 Å². The van der Waals surface area contributed by atoms with E-state index in [-0.39, 0.29) is 6.39 Å². The van der Waals surface area contributed by atoms with E-state index >= 15 is 0 Å². The summed E-state index contributed by atoms with van der Waals surface area (Å²) in [7, 11) is 0. The lowest BCUT2D eigenvalue weighted by molar-refractivity contribution is -0.257. The fraction of sp³-hybridized carbons (Fsp3) is 0.429. The number of hydrogen-bond donors (Lipinski definition) is 1. The highest BCUT2D eigenvalue weighted by Crippen LogP contribution is 2.47. The third-order valence-electron chi connectivity index (χ3n) is 1.71. The number of halogens is 6. The molecule has 0 aromatic carbocycles. The van der Waals surface area contributed by atoms with Gasteiger partial charge in [-0.15, -0.1) is 0 Å². The van der Waals surface area contributed by atoms with Crippen LogP contribution in [-0.4, -0.2) is 28.4 Å². The Bertz CT molecular complexity index is 406. The summed E-state index contributed by atoms with van der Waals surface area (Å²) in [6.45, 7) is 0. The van der Waals surface area contributed by atoms with Gasteiger partial charge < -0.3 is 9.52 Å². The van der Waals surface area contributed by atoms with Gasteiger partial charge in [-0.2, -0.15) is 26.3 Å². The molecule has 4 nitrogen and oxygen atoms in total. The largest absolute Gasteiger partial charge is 0.476 e. The van der Waals surface area contributed by atoms with Crippen LogP contribution in [0, 0.1) is 0 Å². The van der Waals surface area contributed by atoms with Gasteiger partial charge in [0.2, 0.25) is 5.92 Å². The molecule has 1 rings (SSSR count). The van der Waals surface area contributed by atoms with E-state index in [1.54, 1.807) is 0 Å². The normalized spacial score (nSPS) is 13.1. The standard InChI is InChI=1S/C7H3F6NO3/c8-6(9,10)4(7(11,12)13)3-2(5(15)16)14-1-17-3/h1,4H,(H,15,16). The maximum absolute atomic E-state index is 12.2. The molecule has 10 heteroatoms. The number of hydrogen-bond acceptors (Lipinski definition) is 3. The van der Waals surface area contributed by atoms with E-state index in [0.717, 1.165) is 0 Å². The summed E-state index contributed by atoms with van der Waals surface area (Å²) >= 11 is 0. The van der Waals surface area contributed by atoms with Crippen molar-refractivity contribution >= 4 is 5.97 Å². The van der Waals surface area contributed by atoms with Crippen molar-refractivity contribution in [2.24, 2.45) is 0 Å². The van der Waals surface area contributed by atoms with Crippen LogP contribution >= 0.6 is 0 Å². The van der Waals surface area contributed by atoms with E-state index < -0.39 is 35.7 Å². The first kappa shape index (κ1) is 13.3. The first-order chi connectivity index (χ1) is 7.55. The van der Waals surface area contributed by atoms with Crippen molar-refractivity contribution in [3.63, 3.8) is 0 Å². The van der Waals surface area contributed by atoms with E-state index in [2.05, 4.69) is 9.40 Å². The van der Waals surface area contributed by atoms with Gasteiger partial charge in [0.1, 0.15) is 0 Å². The minimum absolute atomic E-state index is 0.212. The molecule has 0 aliphatic heterocycles. The fourth-order valence-electron chi connectivity index (χ4n) is 1.10. The molecule has 1 aromatic rings. The Morgan fingerprint density at radius 1 is 1.24 bits per heavy atom. The van der Waals surface area contributed by atoms with Gasteiger partial charge in [0.15, 0.2) is 17.8 Å². The van der Waals surface area contributed by atoms with Crippen molar-refractivity contribution in [2.45, 2.75) is 18.3 Å². The first-order valence-corrected chi connectivity index (χ1v) is 3.85. The first-order valence-electron chi connectivity index (χ1n) is 3.85. The molecule has 1 heterocycles. The van der Waals surface area contributed by atoms with Gasteiger partial charge in [-0.1, -0.05) is 0 Å². The number of nitrogens with zero attached hydrogens (tertiary/aromatic N) is 1. The molecule has 1 aromatic heterocycles. The van der Waals surface area contributed by atoms with Crippen LogP contribution in [0.5, 0.6) is 0 Å². The summed E-state index contributed by atoms with van der Waals surface area (Å²) < 4.78 is 77.2. The van der Waals surface area contributed by atoms with Crippen LogP contribution in [0.25, 0.3) is 0 Å². The second-order valence-electron chi connectivity index (χ2n) is 2.89. The molecule has 0 bridgehead atoms. The number of carbonyl (C=O) groups is 1. The molecule has 0 unspecified atom stereocenters. The summed E-state index contributed by atoms with van der Waals surface area (Å²) in [5, 5.41) is 8.38. The van der Waals surface area contributed by atoms with Crippen molar-refractivity contribution in [3.05, 3.63) is 17.8 Å². The Balaban J connectivity index is 3.34. The van der Waals surface area contributed by atoms with E-state index in [4.69, 9.17) is 5.11 Å². The predicted octanol–water partition coefficient (Wildman–Crippen LogP) is 2.58. The zero-order chi connectivity index (χ0) is 13.4. The summed E-state index contributed by atoms with van der Waals surface area (Å²) in [5.41, 5.74) is -1.41. The maximum Gasteiger partial charge on any atom is 0.407 e. The van der Waals surface area contributed by atoms with Crippen molar-refractivity contribution in [1.82, 2.24) is 4.98 Å². The van der Waals surface area contributed by atoms with Gasteiger partial charge in [0.25, 0.3) is 0 Å². The number of carboxylic acid groups (broad SMARTS) is 1. The highest BCUT2D eigenvalue weighted by Gasteiger charge is 2.60. The molecule has 0 amide bonds. The Kier molecular flexibility index (Phi) is 3.08. The minimum Gasteiger partial charge on any atom is -0.476 e. The molecule has 0 atom stereocenters. The van der Waals surface area contributed by atoms with Gasteiger partial charge in [-0.25, -0.2) is 9.78 Å². The predicted molar refractivity (Wildman–Crippen MR) is 38.3 cm³/mol. The molecule has 0 radical (unpaired) electrons. The van der Waals surface area contributed by atoms with Crippen LogP contribution in [0.2, 0.25) is 0 Å². The van der Waals surface area contributed by atoms with Crippen molar-refractivity contribution < 1.29 is 40.7 Å². The second-order valence-corrected chi connectivity index (χ2v) is 2.89. The summed E-state index contributed by atoms with van der Waals surface area (Å²) in [6, 6.07) is 0. The molecule has 0 fully saturated rings. The van der Waals surface area contributed by atoms with E-state index in [1.165, 1.54) is 0 Å². The van der Waals surface area contributed by atoms with Gasteiger partial charge in [-0.3, -0.25) is 0 Å². The lowest BCUT2D eigenvalue weighted by atomic mass is 10.0. The average molecular weight is 263 g/mol. The number of oxazole rings is 1. The number of aromatic carboxylic acids is 1. The molecule has 17 heavy (non-hydrogen) atoms. The van der Waals surface area contributed by atoms with Gasteiger partial charge in [-0.05, 0) is 0 Å². The lowest BCUT2D eigenvalue weighted by Gasteiger charge is -2.20. The monoisotopic (exact) mass is 263 g/mol. The number of aromatic nitrogens is 1. The Labute approximate surface area is 88.9 Å².